The molecule has 1 unspecified atom stereocenters. The Bertz CT molecular complexity index is 764. The number of carbonyl (C=O) groups excluding carboxylic acids is 2. The van der Waals surface area contributed by atoms with Gasteiger partial charge in [0, 0.05) is 35.2 Å². The van der Waals surface area contributed by atoms with Crippen molar-refractivity contribution in [3.8, 4) is 0 Å². The van der Waals surface area contributed by atoms with E-state index in [1.807, 2.05) is 24.3 Å². The van der Waals surface area contributed by atoms with Crippen molar-refractivity contribution in [2.45, 2.75) is 13.0 Å². The van der Waals surface area contributed by atoms with E-state index in [4.69, 9.17) is 0 Å². The standard InChI is InChI=1S/C18H16BrFN2O2/c19-14-5-7-15(8-6-14)22-11-13(9-17(22)23)18(24)21-10-12-3-1-2-4-16(12)20/h1-8,13H,9-11H2,(H,21,24). The highest BCUT2D eigenvalue weighted by atomic mass is 79.9. The van der Waals surface area contributed by atoms with Crippen molar-refractivity contribution in [1.29, 1.82) is 0 Å². The second-order valence-electron chi connectivity index (χ2n) is 5.69. The van der Waals surface area contributed by atoms with Crippen molar-refractivity contribution < 1.29 is 14.0 Å². The number of nitrogens with zero attached hydrogens (tertiary/aromatic N) is 1. The first-order valence-corrected chi connectivity index (χ1v) is 8.41. The average Bonchev–Trinajstić information content (AvgIpc) is 2.96. The maximum Gasteiger partial charge on any atom is 0.227 e. The molecule has 1 saturated heterocycles. The van der Waals surface area contributed by atoms with Crippen LogP contribution < -0.4 is 10.2 Å². The molecule has 1 N–H and O–H groups in total. The number of halogens is 2. The number of benzene rings is 2. The maximum atomic E-state index is 13.6. The van der Waals surface area contributed by atoms with Gasteiger partial charge >= 0.3 is 0 Å². The molecule has 0 spiro atoms. The van der Waals surface area contributed by atoms with Crippen LogP contribution in [0.15, 0.2) is 53.0 Å². The lowest BCUT2D eigenvalue weighted by Crippen LogP contribution is -2.32. The smallest absolute Gasteiger partial charge is 0.227 e. The molecule has 0 aliphatic carbocycles. The molecule has 2 aromatic rings. The van der Waals surface area contributed by atoms with E-state index < -0.39 is 5.92 Å². The summed E-state index contributed by atoms with van der Waals surface area (Å²) in [5, 5.41) is 2.72. The topological polar surface area (TPSA) is 49.4 Å². The summed E-state index contributed by atoms with van der Waals surface area (Å²) in [7, 11) is 0. The van der Waals surface area contributed by atoms with E-state index in [0.29, 0.717) is 12.1 Å². The molecule has 0 aromatic heterocycles. The van der Waals surface area contributed by atoms with Crippen molar-refractivity contribution in [2.24, 2.45) is 5.92 Å². The van der Waals surface area contributed by atoms with Crippen LogP contribution in [0.5, 0.6) is 0 Å². The van der Waals surface area contributed by atoms with E-state index in [2.05, 4.69) is 21.2 Å². The molecule has 0 saturated carbocycles. The monoisotopic (exact) mass is 390 g/mol. The minimum absolute atomic E-state index is 0.0802. The van der Waals surface area contributed by atoms with Gasteiger partial charge in [0.25, 0.3) is 0 Å². The molecule has 2 amide bonds. The Morgan fingerprint density at radius 2 is 1.92 bits per heavy atom. The van der Waals surface area contributed by atoms with Crippen LogP contribution in [0.4, 0.5) is 10.1 Å². The molecule has 3 rings (SSSR count). The zero-order chi connectivity index (χ0) is 17.1. The van der Waals surface area contributed by atoms with Gasteiger partial charge < -0.3 is 10.2 Å². The molecule has 1 fully saturated rings. The van der Waals surface area contributed by atoms with Crippen molar-refractivity contribution in [2.75, 3.05) is 11.4 Å². The van der Waals surface area contributed by atoms with Crippen LogP contribution in [0.2, 0.25) is 0 Å². The third kappa shape index (κ3) is 3.64. The van der Waals surface area contributed by atoms with E-state index in [9.17, 15) is 14.0 Å². The molecule has 1 atom stereocenters. The van der Waals surface area contributed by atoms with Crippen molar-refractivity contribution in [1.82, 2.24) is 5.32 Å². The summed E-state index contributed by atoms with van der Waals surface area (Å²) in [6.45, 7) is 0.456. The number of hydrogen-bond donors (Lipinski definition) is 1. The zero-order valence-electron chi connectivity index (χ0n) is 12.8. The van der Waals surface area contributed by atoms with Gasteiger partial charge in [-0.25, -0.2) is 4.39 Å². The molecule has 1 aliphatic rings. The quantitative estimate of drug-likeness (QED) is 0.870. The predicted molar refractivity (Wildman–Crippen MR) is 92.8 cm³/mol. The summed E-state index contributed by atoms with van der Waals surface area (Å²) in [4.78, 5) is 26.1. The largest absolute Gasteiger partial charge is 0.352 e. The van der Waals surface area contributed by atoms with E-state index >= 15 is 0 Å². The van der Waals surface area contributed by atoms with Crippen LogP contribution in [0.25, 0.3) is 0 Å². The highest BCUT2D eigenvalue weighted by molar-refractivity contribution is 9.10. The van der Waals surface area contributed by atoms with Crippen LogP contribution >= 0.6 is 15.9 Å². The number of hydrogen-bond acceptors (Lipinski definition) is 2. The molecular formula is C18H16BrFN2O2. The minimum Gasteiger partial charge on any atom is -0.352 e. The molecule has 6 heteroatoms. The molecule has 2 aromatic carbocycles. The van der Waals surface area contributed by atoms with Crippen LogP contribution in [0.3, 0.4) is 0 Å². The molecule has 4 nitrogen and oxygen atoms in total. The van der Waals surface area contributed by atoms with Gasteiger partial charge in [-0.15, -0.1) is 0 Å². The Balaban J connectivity index is 1.62. The van der Waals surface area contributed by atoms with E-state index in [1.165, 1.54) is 6.07 Å². The second kappa shape index (κ2) is 7.13. The maximum absolute atomic E-state index is 13.6. The summed E-state index contributed by atoms with van der Waals surface area (Å²) in [6.07, 6.45) is 0.166. The van der Waals surface area contributed by atoms with Gasteiger partial charge in [0.05, 0.1) is 5.92 Å². The Morgan fingerprint density at radius 1 is 1.21 bits per heavy atom. The lowest BCUT2D eigenvalue weighted by Gasteiger charge is -2.17. The fourth-order valence-corrected chi connectivity index (χ4v) is 2.99. The van der Waals surface area contributed by atoms with Crippen LogP contribution in [0.1, 0.15) is 12.0 Å². The van der Waals surface area contributed by atoms with Crippen LogP contribution in [-0.4, -0.2) is 18.4 Å². The number of rotatable bonds is 4. The average molecular weight is 391 g/mol. The fraction of sp³-hybridized carbons (Fsp3) is 0.222. The van der Waals surface area contributed by atoms with Gasteiger partial charge in [0.15, 0.2) is 0 Å². The summed E-state index contributed by atoms with van der Waals surface area (Å²) in [5.41, 5.74) is 1.20. The van der Waals surface area contributed by atoms with E-state index in [0.717, 1.165) is 10.2 Å². The van der Waals surface area contributed by atoms with Crippen molar-refractivity contribution >= 4 is 33.4 Å². The van der Waals surface area contributed by atoms with Gasteiger partial charge in [-0.1, -0.05) is 34.1 Å². The molecule has 1 heterocycles. The van der Waals surface area contributed by atoms with Crippen LogP contribution in [-0.2, 0) is 16.1 Å². The van der Waals surface area contributed by atoms with Crippen molar-refractivity contribution in [3.05, 3.63) is 64.4 Å². The first kappa shape index (κ1) is 16.6. The minimum atomic E-state index is -0.423. The van der Waals surface area contributed by atoms with Gasteiger partial charge in [-0.05, 0) is 30.3 Å². The number of nitrogens with one attached hydrogen (secondary N) is 1. The molecule has 124 valence electrons. The fourth-order valence-electron chi connectivity index (χ4n) is 2.72. The number of amides is 2. The first-order chi connectivity index (χ1) is 11.5. The molecular weight excluding hydrogens is 375 g/mol. The summed E-state index contributed by atoms with van der Waals surface area (Å²) >= 11 is 3.35. The number of anilines is 1. The SMILES string of the molecule is O=C(NCc1ccccc1F)C1CC(=O)N(c2ccc(Br)cc2)C1. The van der Waals surface area contributed by atoms with Gasteiger partial charge in [0.2, 0.25) is 11.8 Å². The lowest BCUT2D eigenvalue weighted by atomic mass is 10.1. The van der Waals surface area contributed by atoms with Gasteiger partial charge in [0.1, 0.15) is 5.82 Å². The molecule has 0 bridgehead atoms. The zero-order valence-corrected chi connectivity index (χ0v) is 14.4. The van der Waals surface area contributed by atoms with Crippen LogP contribution in [0, 0.1) is 11.7 Å². The highest BCUT2D eigenvalue weighted by Crippen LogP contribution is 2.26. The van der Waals surface area contributed by atoms with Gasteiger partial charge in [-0.3, -0.25) is 9.59 Å². The summed E-state index contributed by atoms with van der Waals surface area (Å²) < 4.78 is 14.5. The predicted octanol–water partition coefficient (Wildman–Crippen LogP) is 3.26. The van der Waals surface area contributed by atoms with E-state index in [1.54, 1.807) is 23.1 Å². The first-order valence-electron chi connectivity index (χ1n) is 7.61. The third-order valence-electron chi connectivity index (χ3n) is 4.05. The van der Waals surface area contributed by atoms with Gasteiger partial charge in [-0.2, -0.15) is 0 Å². The Labute approximate surface area is 147 Å². The Kier molecular flexibility index (Phi) is 4.94. The third-order valence-corrected chi connectivity index (χ3v) is 4.57. The van der Waals surface area contributed by atoms with E-state index in [-0.39, 0.29) is 30.6 Å². The Morgan fingerprint density at radius 3 is 2.62 bits per heavy atom. The molecule has 24 heavy (non-hydrogen) atoms. The molecule has 0 radical (unpaired) electrons. The summed E-state index contributed by atoms with van der Waals surface area (Å²) in [5.74, 6) is -1.08. The second-order valence-corrected chi connectivity index (χ2v) is 6.61. The lowest BCUT2D eigenvalue weighted by molar-refractivity contribution is -0.126. The molecule has 1 aliphatic heterocycles. The Hall–Kier alpha value is -2.21. The normalized spacial score (nSPS) is 17.2. The summed E-state index contributed by atoms with van der Waals surface area (Å²) in [6, 6.07) is 13.7. The van der Waals surface area contributed by atoms with Crippen molar-refractivity contribution in [3.63, 3.8) is 0 Å². The highest BCUT2D eigenvalue weighted by Gasteiger charge is 2.34. The number of carbonyl (C=O) groups is 2.